The van der Waals surface area contributed by atoms with Crippen LogP contribution in [0.5, 0.6) is 5.75 Å². The van der Waals surface area contributed by atoms with Crippen molar-refractivity contribution in [3.63, 3.8) is 0 Å². The van der Waals surface area contributed by atoms with Gasteiger partial charge in [-0.1, -0.05) is 0 Å². The van der Waals surface area contributed by atoms with Crippen molar-refractivity contribution in [3.05, 3.63) is 36.2 Å². The summed E-state index contributed by atoms with van der Waals surface area (Å²) >= 11 is 0. The van der Waals surface area contributed by atoms with E-state index in [-0.39, 0.29) is 0 Å². The normalized spacial score (nSPS) is 10.2. The number of methoxy groups -OCH3 is 1. The molecule has 90 valence electrons. The lowest BCUT2D eigenvalue weighted by atomic mass is 10.2. The van der Waals surface area contributed by atoms with Crippen LogP contribution in [0.15, 0.2) is 30.6 Å². The molecule has 0 saturated carbocycles. The molecule has 3 N–H and O–H groups in total. The van der Waals surface area contributed by atoms with Crippen molar-refractivity contribution in [1.82, 2.24) is 9.78 Å². The van der Waals surface area contributed by atoms with E-state index in [1.54, 1.807) is 11.8 Å². The van der Waals surface area contributed by atoms with E-state index in [2.05, 4.69) is 10.4 Å². The summed E-state index contributed by atoms with van der Waals surface area (Å²) in [5, 5.41) is 7.40. The molecule has 0 aliphatic heterocycles. The second kappa shape index (κ2) is 4.78. The van der Waals surface area contributed by atoms with Gasteiger partial charge in [0.05, 0.1) is 19.0 Å². The zero-order valence-electron chi connectivity index (χ0n) is 9.97. The molecular weight excluding hydrogens is 216 g/mol. The molecule has 0 fully saturated rings. The Morgan fingerprint density at radius 1 is 1.47 bits per heavy atom. The first-order chi connectivity index (χ1) is 8.19. The molecule has 2 rings (SSSR count). The summed E-state index contributed by atoms with van der Waals surface area (Å²) in [6.07, 6.45) is 3.81. The van der Waals surface area contributed by atoms with Gasteiger partial charge in [0.1, 0.15) is 5.75 Å². The van der Waals surface area contributed by atoms with E-state index in [9.17, 15) is 0 Å². The largest absolute Gasteiger partial charge is 0.495 e. The van der Waals surface area contributed by atoms with Crippen LogP contribution in [0, 0.1) is 0 Å². The monoisotopic (exact) mass is 232 g/mol. The molecule has 0 spiro atoms. The Bertz CT molecular complexity index is 507. The lowest BCUT2D eigenvalue weighted by Gasteiger charge is -2.09. The highest BCUT2D eigenvalue weighted by Gasteiger charge is 2.01. The lowest BCUT2D eigenvalue weighted by Crippen LogP contribution is -2.00. The molecule has 1 heterocycles. The Hall–Kier alpha value is -2.17. The standard InChI is InChI=1S/C12H16N4O/c1-16-8-9(7-15-16)6-14-10-3-4-11(13)12(5-10)17-2/h3-5,7-8,14H,6,13H2,1-2H3. The van der Waals surface area contributed by atoms with Crippen molar-refractivity contribution in [1.29, 1.82) is 0 Å². The Balaban J connectivity index is 2.04. The van der Waals surface area contributed by atoms with Crippen LogP contribution in [0.3, 0.4) is 0 Å². The predicted molar refractivity (Wildman–Crippen MR) is 67.9 cm³/mol. The van der Waals surface area contributed by atoms with Crippen LogP contribution in [-0.2, 0) is 13.6 Å². The van der Waals surface area contributed by atoms with Gasteiger partial charge < -0.3 is 15.8 Å². The third-order valence-electron chi connectivity index (χ3n) is 2.49. The van der Waals surface area contributed by atoms with Gasteiger partial charge in [0.15, 0.2) is 0 Å². The van der Waals surface area contributed by atoms with Gasteiger partial charge in [-0.05, 0) is 12.1 Å². The summed E-state index contributed by atoms with van der Waals surface area (Å²) in [6.45, 7) is 0.723. The lowest BCUT2D eigenvalue weighted by molar-refractivity contribution is 0.417. The van der Waals surface area contributed by atoms with Crippen molar-refractivity contribution in [3.8, 4) is 5.75 Å². The van der Waals surface area contributed by atoms with E-state index in [0.717, 1.165) is 17.8 Å². The van der Waals surface area contributed by atoms with E-state index in [1.165, 1.54) is 0 Å². The molecule has 0 radical (unpaired) electrons. The molecule has 0 unspecified atom stereocenters. The minimum atomic E-state index is 0.638. The zero-order chi connectivity index (χ0) is 12.3. The van der Waals surface area contributed by atoms with E-state index in [0.29, 0.717) is 11.4 Å². The van der Waals surface area contributed by atoms with Gasteiger partial charge in [-0.25, -0.2) is 0 Å². The molecule has 0 bridgehead atoms. The second-order valence-electron chi connectivity index (χ2n) is 3.83. The molecule has 0 aliphatic carbocycles. The van der Waals surface area contributed by atoms with E-state index >= 15 is 0 Å². The average Bonchev–Trinajstić information content (AvgIpc) is 2.74. The predicted octanol–water partition coefficient (Wildman–Crippen LogP) is 1.62. The number of aryl methyl sites for hydroxylation is 1. The topological polar surface area (TPSA) is 65.1 Å². The van der Waals surface area contributed by atoms with Crippen LogP contribution >= 0.6 is 0 Å². The van der Waals surface area contributed by atoms with Gasteiger partial charge in [0, 0.05) is 37.1 Å². The Labute approximate surface area is 100 Å². The van der Waals surface area contributed by atoms with Gasteiger partial charge in [-0.2, -0.15) is 5.10 Å². The molecule has 0 saturated heterocycles. The molecule has 0 atom stereocenters. The maximum absolute atomic E-state index is 5.74. The molecule has 0 aliphatic rings. The van der Waals surface area contributed by atoms with Crippen molar-refractivity contribution in [2.24, 2.45) is 7.05 Å². The second-order valence-corrected chi connectivity index (χ2v) is 3.83. The van der Waals surface area contributed by atoms with Crippen molar-refractivity contribution < 1.29 is 4.74 Å². The van der Waals surface area contributed by atoms with E-state index in [1.807, 2.05) is 37.6 Å². The number of hydrogen-bond donors (Lipinski definition) is 2. The molecule has 5 nitrogen and oxygen atoms in total. The highest BCUT2D eigenvalue weighted by Crippen LogP contribution is 2.25. The number of anilines is 2. The first kappa shape index (κ1) is 11.3. The number of rotatable bonds is 4. The fourth-order valence-electron chi connectivity index (χ4n) is 1.59. The quantitative estimate of drug-likeness (QED) is 0.786. The number of nitrogens with zero attached hydrogens (tertiary/aromatic N) is 2. The third kappa shape index (κ3) is 2.69. The highest BCUT2D eigenvalue weighted by molar-refractivity contribution is 5.61. The van der Waals surface area contributed by atoms with Crippen LogP contribution in [0.1, 0.15) is 5.56 Å². The molecule has 5 heteroatoms. The number of nitrogen functional groups attached to an aromatic ring is 1. The van der Waals surface area contributed by atoms with E-state index < -0.39 is 0 Å². The third-order valence-corrected chi connectivity index (χ3v) is 2.49. The van der Waals surface area contributed by atoms with Crippen molar-refractivity contribution >= 4 is 11.4 Å². The van der Waals surface area contributed by atoms with Gasteiger partial charge in [0.25, 0.3) is 0 Å². The fourth-order valence-corrected chi connectivity index (χ4v) is 1.59. The van der Waals surface area contributed by atoms with Gasteiger partial charge >= 0.3 is 0 Å². The number of ether oxygens (including phenoxy) is 1. The first-order valence-corrected chi connectivity index (χ1v) is 5.34. The van der Waals surface area contributed by atoms with E-state index in [4.69, 9.17) is 10.5 Å². The summed E-state index contributed by atoms with van der Waals surface area (Å²) in [7, 11) is 3.51. The Kier molecular flexibility index (Phi) is 3.18. The van der Waals surface area contributed by atoms with Gasteiger partial charge in [-0.15, -0.1) is 0 Å². The van der Waals surface area contributed by atoms with Crippen LogP contribution in [0.25, 0.3) is 0 Å². The minimum absolute atomic E-state index is 0.638. The minimum Gasteiger partial charge on any atom is -0.495 e. The summed E-state index contributed by atoms with van der Waals surface area (Å²) in [6, 6.07) is 5.63. The highest BCUT2D eigenvalue weighted by atomic mass is 16.5. The molecule has 1 aromatic heterocycles. The maximum Gasteiger partial charge on any atom is 0.143 e. The summed E-state index contributed by atoms with van der Waals surface area (Å²) in [5.74, 6) is 0.682. The van der Waals surface area contributed by atoms with Crippen LogP contribution in [0.2, 0.25) is 0 Å². The van der Waals surface area contributed by atoms with Gasteiger partial charge in [-0.3, -0.25) is 4.68 Å². The average molecular weight is 232 g/mol. The SMILES string of the molecule is COc1cc(NCc2cnn(C)c2)ccc1N. The molecular formula is C12H16N4O. The fraction of sp³-hybridized carbons (Fsp3) is 0.250. The molecule has 0 amide bonds. The molecule has 1 aromatic carbocycles. The summed E-state index contributed by atoms with van der Waals surface area (Å²) < 4.78 is 6.94. The Morgan fingerprint density at radius 3 is 2.94 bits per heavy atom. The summed E-state index contributed by atoms with van der Waals surface area (Å²) in [5.41, 5.74) is 8.48. The number of benzene rings is 1. The number of nitrogens with two attached hydrogens (primary N) is 1. The van der Waals surface area contributed by atoms with Crippen molar-refractivity contribution in [2.75, 3.05) is 18.2 Å². The summed E-state index contributed by atoms with van der Waals surface area (Å²) in [4.78, 5) is 0. The van der Waals surface area contributed by atoms with Crippen LogP contribution in [0.4, 0.5) is 11.4 Å². The zero-order valence-corrected chi connectivity index (χ0v) is 9.97. The number of aromatic nitrogens is 2. The molecule has 17 heavy (non-hydrogen) atoms. The Morgan fingerprint density at radius 2 is 2.29 bits per heavy atom. The first-order valence-electron chi connectivity index (χ1n) is 5.34. The number of hydrogen-bond acceptors (Lipinski definition) is 4. The smallest absolute Gasteiger partial charge is 0.143 e. The van der Waals surface area contributed by atoms with Crippen LogP contribution < -0.4 is 15.8 Å². The van der Waals surface area contributed by atoms with Crippen molar-refractivity contribution in [2.45, 2.75) is 6.54 Å². The maximum atomic E-state index is 5.74. The number of nitrogens with one attached hydrogen (secondary N) is 1. The van der Waals surface area contributed by atoms with Gasteiger partial charge in [0.2, 0.25) is 0 Å². The van der Waals surface area contributed by atoms with Crippen LogP contribution in [-0.4, -0.2) is 16.9 Å². The molecule has 2 aromatic rings.